The summed E-state index contributed by atoms with van der Waals surface area (Å²) < 4.78 is 14.5. The van der Waals surface area contributed by atoms with Crippen molar-refractivity contribution in [2.24, 2.45) is 0 Å². The van der Waals surface area contributed by atoms with Crippen molar-refractivity contribution >= 4 is 23.4 Å². The summed E-state index contributed by atoms with van der Waals surface area (Å²) in [6.45, 7) is 7.51. The summed E-state index contributed by atoms with van der Waals surface area (Å²) in [5.74, 6) is -0.497. The number of amides is 1. The molecule has 0 aliphatic carbocycles. The Kier molecular flexibility index (Phi) is 6.77. The van der Waals surface area contributed by atoms with Crippen molar-refractivity contribution in [1.29, 1.82) is 5.26 Å². The van der Waals surface area contributed by atoms with Crippen LogP contribution in [0, 0.1) is 31.0 Å². The van der Waals surface area contributed by atoms with Crippen molar-refractivity contribution in [2.45, 2.75) is 46.2 Å². The highest BCUT2D eigenvalue weighted by atomic mass is 19.1. The molecular formula is C20H24FN5O2. The third-order valence-corrected chi connectivity index (χ3v) is 4.58. The summed E-state index contributed by atoms with van der Waals surface area (Å²) >= 11 is 0. The minimum absolute atomic E-state index is 0.0452. The molecule has 0 aliphatic heterocycles. The molecule has 148 valence electrons. The first kappa shape index (κ1) is 21.0. The summed E-state index contributed by atoms with van der Waals surface area (Å²) in [5, 5.41) is 26.6. The van der Waals surface area contributed by atoms with E-state index in [0.717, 1.165) is 22.9 Å². The highest BCUT2D eigenvalue weighted by molar-refractivity contribution is 5.67. The highest BCUT2D eigenvalue weighted by Gasteiger charge is 2.20. The Labute approximate surface area is 163 Å². The molecule has 0 unspecified atom stereocenters. The molecule has 0 radical (unpaired) electrons. The minimum Gasteiger partial charge on any atom is -0.465 e. The van der Waals surface area contributed by atoms with Gasteiger partial charge in [-0.1, -0.05) is 13.0 Å². The van der Waals surface area contributed by atoms with Gasteiger partial charge in [0.15, 0.2) is 17.5 Å². The fraction of sp³-hybridized carbons (Fsp3) is 0.350. The Morgan fingerprint density at radius 1 is 1.29 bits per heavy atom. The maximum absolute atomic E-state index is 14.5. The maximum atomic E-state index is 14.5. The largest absolute Gasteiger partial charge is 0.465 e. The molecule has 2 aromatic rings. The number of nitrogens with one attached hydrogen (secondary N) is 3. The van der Waals surface area contributed by atoms with E-state index in [1.807, 2.05) is 45.0 Å². The van der Waals surface area contributed by atoms with Crippen LogP contribution in [0.15, 0.2) is 24.3 Å². The van der Waals surface area contributed by atoms with Crippen LogP contribution < -0.4 is 16.0 Å². The number of anilines is 3. The number of benzene rings is 1. The number of hydrogen-bond acceptors (Lipinski definition) is 5. The van der Waals surface area contributed by atoms with Crippen molar-refractivity contribution in [1.82, 2.24) is 10.3 Å². The number of nitriles is 1. The number of carbonyl (C=O) groups is 1. The number of hydrogen-bond donors (Lipinski definition) is 4. The van der Waals surface area contributed by atoms with Crippen LogP contribution in [-0.4, -0.2) is 28.3 Å². The third kappa shape index (κ3) is 5.10. The van der Waals surface area contributed by atoms with Crippen LogP contribution in [0.1, 0.15) is 37.0 Å². The molecule has 1 amide bonds. The highest BCUT2D eigenvalue weighted by Crippen LogP contribution is 2.25. The smallest absolute Gasteiger partial charge is 0.404 e. The van der Waals surface area contributed by atoms with Gasteiger partial charge in [0.25, 0.3) is 0 Å². The molecule has 2 atom stereocenters. The lowest BCUT2D eigenvalue weighted by molar-refractivity contribution is 0.189. The lowest BCUT2D eigenvalue weighted by atomic mass is 10.1. The first-order valence-electron chi connectivity index (χ1n) is 8.96. The van der Waals surface area contributed by atoms with E-state index in [0.29, 0.717) is 6.42 Å². The number of aryl methyl sites for hydroxylation is 2. The van der Waals surface area contributed by atoms with E-state index in [1.165, 1.54) is 0 Å². The lowest BCUT2D eigenvalue weighted by Crippen LogP contribution is -2.44. The monoisotopic (exact) mass is 385 g/mol. The Hall–Kier alpha value is -3.34. The SMILES string of the molecule is CC[C@@H](Nc1nc(Nc2ccc(C)c(C)c2)c(C#N)cc1F)[C@H](C)NC(=O)O. The summed E-state index contributed by atoms with van der Waals surface area (Å²) in [5.41, 5.74) is 3.01. The van der Waals surface area contributed by atoms with Gasteiger partial charge in [-0.25, -0.2) is 14.2 Å². The van der Waals surface area contributed by atoms with Crippen molar-refractivity contribution in [3.05, 3.63) is 46.8 Å². The van der Waals surface area contributed by atoms with Crippen molar-refractivity contribution in [3.63, 3.8) is 0 Å². The van der Waals surface area contributed by atoms with Crippen LogP contribution >= 0.6 is 0 Å². The van der Waals surface area contributed by atoms with Crippen molar-refractivity contribution in [2.75, 3.05) is 10.6 Å². The Balaban J connectivity index is 2.33. The second-order valence-corrected chi connectivity index (χ2v) is 6.65. The molecule has 0 fully saturated rings. The van der Waals surface area contributed by atoms with Gasteiger partial charge < -0.3 is 21.1 Å². The predicted molar refractivity (Wildman–Crippen MR) is 106 cm³/mol. The van der Waals surface area contributed by atoms with Gasteiger partial charge in [0.1, 0.15) is 6.07 Å². The minimum atomic E-state index is -1.15. The van der Waals surface area contributed by atoms with Crippen LogP contribution in [0.25, 0.3) is 0 Å². The van der Waals surface area contributed by atoms with E-state index in [-0.39, 0.29) is 23.2 Å². The molecule has 1 heterocycles. The number of rotatable bonds is 7. The lowest BCUT2D eigenvalue weighted by Gasteiger charge is -2.25. The topological polar surface area (TPSA) is 110 Å². The zero-order valence-corrected chi connectivity index (χ0v) is 16.3. The van der Waals surface area contributed by atoms with Gasteiger partial charge in [0, 0.05) is 17.8 Å². The van der Waals surface area contributed by atoms with Crippen LogP contribution in [0.4, 0.5) is 26.5 Å². The Morgan fingerprint density at radius 2 is 2.00 bits per heavy atom. The molecule has 0 spiro atoms. The Morgan fingerprint density at radius 3 is 2.57 bits per heavy atom. The van der Waals surface area contributed by atoms with E-state index in [9.17, 15) is 14.4 Å². The van der Waals surface area contributed by atoms with E-state index >= 15 is 0 Å². The number of pyridine rings is 1. The van der Waals surface area contributed by atoms with Crippen molar-refractivity contribution < 1.29 is 14.3 Å². The number of aromatic nitrogens is 1. The van der Waals surface area contributed by atoms with Gasteiger partial charge >= 0.3 is 6.09 Å². The normalized spacial score (nSPS) is 12.6. The molecule has 8 heteroatoms. The summed E-state index contributed by atoms with van der Waals surface area (Å²) in [6, 6.07) is 7.94. The first-order chi connectivity index (χ1) is 13.2. The fourth-order valence-corrected chi connectivity index (χ4v) is 2.78. The molecule has 0 saturated heterocycles. The van der Waals surface area contributed by atoms with Crippen molar-refractivity contribution in [3.8, 4) is 6.07 Å². The van der Waals surface area contributed by atoms with Gasteiger partial charge in [-0.05, 0) is 56.5 Å². The molecule has 2 rings (SSSR count). The van der Waals surface area contributed by atoms with E-state index in [2.05, 4.69) is 20.9 Å². The van der Waals surface area contributed by atoms with Crippen LogP contribution in [0.3, 0.4) is 0 Å². The van der Waals surface area contributed by atoms with Crippen LogP contribution in [0.2, 0.25) is 0 Å². The number of halogens is 1. The molecule has 1 aromatic heterocycles. The first-order valence-corrected chi connectivity index (χ1v) is 8.96. The molecular weight excluding hydrogens is 361 g/mol. The molecule has 28 heavy (non-hydrogen) atoms. The second-order valence-electron chi connectivity index (χ2n) is 6.65. The zero-order valence-electron chi connectivity index (χ0n) is 16.3. The summed E-state index contributed by atoms with van der Waals surface area (Å²) in [6.07, 6.45) is -0.610. The average molecular weight is 385 g/mol. The van der Waals surface area contributed by atoms with Gasteiger partial charge in [0.2, 0.25) is 0 Å². The van der Waals surface area contributed by atoms with Crippen LogP contribution in [-0.2, 0) is 0 Å². The maximum Gasteiger partial charge on any atom is 0.404 e. The Bertz CT molecular complexity index is 910. The molecule has 1 aromatic carbocycles. The zero-order chi connectivity index (χ0) is 20.8. The van der Waals surface area contributed by atoms with E-state index in [1.54, 1.807) is 6.92 Å². The molecule has 0 saturated carbocycles. The van der Waals surface area contributed by atoms with Gasteiger partial charge in [-0.2, -0.15) is 5.26 Å². The quantitative estimate of drug-likeness (QED) is 0.566. The third-order valence-electron chi connectivity index (χ3n) is 4.58. The summed E-state index contributed by atoms with van der Waals surface area (Å²) in [7, 11) is 0. The van der Waals surface area contributed by atoms with Gasteiger partial charge in [-0.3, -0.25) is 0 Å². The fourth-order valence-electron chi connectivity index (χ4n) is 2.78. The van der Waals surface area contributed by atoms with E-state index < -0.39 is 18.0 Å². The van der Waals surface area contributed by atoms with E-state index in [4.69, 9.17) is 5.11 Å². The van der Waals surface area contributed by atoms with Gasteiger partial charge in [0.05, 0.1) is 5.56 Å². The number of carboxylic acid groups (broad SMARTS) is 1. The molecule has 0 bridgehead atoms. The number of nitrogens with zero attached hydrogens (tertiary/aromatic N) is 2. The average Bonchev–Trinajstić information content (AvgIpc) is 2.63. The molecule has 4 N–H and O–H groups in total. The predicted octanol–water partition coefficient (Wildman–Crippen LogP) is 4.30. The summed E-state index contributed by atoms with van der Waals surface area (Å²) in [4.78, 5) is 15.1. The standard InChI is InChI=1S/C20H24FN5O2/c1-5-17(13(4)23-20(27)28)25-19-16(21)9-14(10-22)18(26-19)24-15-7-6-11(2)12(3)8-15/h6-9,13,17,23H,5H2,1-4H3,(H,27,28)(H2,24,25,26)/t13-,17+/m0/s1. The van der Waals surface area contributed by atoms with Gasteiger partial charge in [-0.15, -0.1) is 0 Å². The molecule has 7 nitrogen and oxygen atoms in total. The van der Waals surface area contributed by atoms with Crippen LogP contribution in [0.5, 0.6) is 0 Å². The second kappa shape index (κ2) is 9.04. The molecule has 0 aliphatic rings.